The van der Waals surface area contributed by atoms with Crippen LogP contribution in [0.15, 0.2) is 30.3 Å². The van der Waals surface area contributed by atoms with Crippen molar-refractivity contribution in [3.05, 3.63) is 35.9 Å². The highest BCUT2D eigenvalue weighted by molar-refractivity contribution is 7.51. The number of nitrogens with zero attached hydrogens (tertiary/aromatic N) is 1. The quantitative estimate of drug-likeness (QED) is 0.337. The van der Waals surface area contributed by atoms with Gasteiger partial charge in [-0.05, 0) is 38.2 Å². The van der Waals surface area contributed by atoms with Gasteiger partial charge in [0, 0.05) is 6.16 Å². The maximum absolute atomic E-state index is 11.6. The average Bonchev–Trinajstić information content (AvgIpc) is 2.67. The summed E-state index contributed by atoms with van der Waals surface area (Å²) in [6, 6.07) is 10.6. The topological polar surface area (TPSA) is 83.8 Å². The lowest BCUT2D eigenvalue weighted by atomic mass is 9.91. The first-order valence-electron chi connectivity index (χ1n) is 10.7. The molecule has 8 heteroatoms. The summed E-state index contributed by atoms with van der Waals surface area (Å²) in [5.41, 5.74) is 1.11. The van der Waals surface area contributed by atoms with Crippen molar-refractivity contribution in [1.29, 1.82) is 0 Å². The van der Waals surface area contributed by atoms with E-state index < -0.39 is 7.60 Å². The highest BCUT2D eigenvalue weighted by atomic mass is 35.5. The minimum atomic E-state index is -3.65. The highest BCUT2D eigenvalue weighted by Crippen LogP contribution is 2.32. The van der Waals surface area contributed by atoms with Gasteiger partial charge in [-0.15, -0.1) is 0 Å². The monoisotopic (exact) mass is 481 g/mol. The van der Waals surface area contributed by atoms with Gasteiger partial charge in [-0.3, -0.25) is 9.36 Å². The molecule has 0 aromatic heterocycles. The Morgan fingerprint density at radius 1 is 1.10 bits per heavy atom. The Hall–Kier alpha value is -0.910. The van der Waals surface area contributed by atoms with Crippen LogP contribution in [0.5, 0.6) is 0 Å². The van der Waals surface area contributed by atoms with E-state index in [1.54, 1.807) is 0 Å². The molecule has 0 bridgehead atoms. The summed E-state index contributed by atoms with van der Waals surface area (Å²) in [6.07, 6.45) is 1.98. The zero-order chi connectivity index (χ0) is 24.0. The standard InChI is InChI=1S/C11H24NO2.C10H14.C2H7O3P.ClH/c1-7-11(2,3)10(13)14-9-8-12(4,5)6;1-3-9(2)10-7-5-4-6-8-10;1-2-6(3,4)5;/h7-9H2,1-6H3;4-9H,3H2,1-2H3;2H2,1H3,(H2,3,4,5);1H/q+1;;;/p-1. The third kappa shape index (κ3) is 20.7. The maximum atomic E-state index is 11.6. The van der Waals surface area contributed by atoms with E-state index in [9.17, 15) is 9.36 Å². The van der Waals surface area contributed by atoms with E-state index in [0.29, 0.717) is 12.5 Å². The highest BCUT2D eigenvalue weighted by Gasteiger charge is 2.27. The minimum Gasteiger partial charge on any atom is -1.00 e. The van der Waals surface area contributed by atoms with Gasteiger partial charge in [0.1, 0.15) is 13.2 Å². The van der Waals surface area contributed by atoms with E-state index in [1.165, 1.54) is 18.9 Å². The van der Waals surface area contributed by atoms with Crippen molar-refractivity contribution in [3.63, 3.8) is 0 Å². The molecule has 184 valence electrons. The number of quaternary nitrogens is 1. The molecule has 1 atom stereocenters. The van der Waals surface area contributed by atoms with E-state index in [-0.39, 0.29) is 30.0 Å². The Bertz CT molecular complexity index is 627. The van der Waals surface area contributed by atoms with Crippen LogP contribution in [0.4, 0.5) is 0 Å². The second-order valence-corrected chi connectivity index (χ2v) is 11.1. The molecule has 6 nitrogen and oxygen atoms in total. The SMILES string of the molecule is CCC(C)(C)C(=O)OCC[N+](C)(C)C.CCC(C)c1ccccc1.CCP(=O)(O)O.[Cl-]. The predicted molar refractivity (Wildman–Crippen MR) is 126 cm³/mol. The van der Waals surface area contributed by atoms with Gasteiger partial charge in [-0.25, -0.2) is 0 Å². The number of ether oxygens (including phenoxy) is 1. The zero-order valence-electron chi connectivity index (χ0n) is 20.9. The molecule has 1 rings (SSSR count). The predicted octanol–water partition coefficient (Wildman–Crippen LogP) is 2.06. The summed E-state index contributed by atoms with van der Waals surface area (Å²) in [6.45, 7) is 13.1. The van der Waals surface area contributed by atoms with E-state index in [0.717, 1.165) is 17.4 Å². The van der Waals surface area contributed by atoms with E-state index in [4.69, 9.17) is 14.5 Å². The molecule has 0 aliphatic rings. The lowest BCUT2D eigenvalue weighted by Gasteiger charge is -2.25. The number of halogens is 1. The van der Waals surface area contributed by atoms with E-state index in [1.807, 2.05) is 20.8 Å². The molecule has 0 aliphatic carbocycles. The van der Waals surface area contributed by atoms with Gasteiger partial charge in [0.05, 0.1) is 26.6 Å². The van der Waals surface area contributed by atoms with Crippen LogP contribution in [0.2, 0.25) is 0 Å². The summed E-state index contributed by atoms with van der Waals surface area (Å²) in [4.78, 5) is 27.4. The fourth-order valence-electron chi connectivity index (χ4n) is 1.77. The molecular weight excluding hydrogens is 437 g/mol. The number of esters is 1. The first-order valence-corrected chi connectivity index (χ1v) is 12.5. The molecule has 0 spiro atoms. The lowest BCUT2D eigenvalue weighted by molar-refractivity contribution is -0.870. The minimum absolute atomic E-state index is 0. The number of likely N-dealkylation sites (N-methyl/N-ethyl adjacent to an activating group) is 1. The Labute approximate surface area is 196 Å². The summed E-state index contributed by atoms with van der Waals surface area (Å²) in [5.74, 6) is 0.620. The molecule has 0 aliphatic heterocycles. The molecule has 0 fully saturated rings. The molecule has 1 aromatic rings. The Morgan fingerprint density at radius 2 is 1.55 bits per heavy atom. The number of benzene rings is 1. The van der Waals surface area contributed by atoms with Crippen LogP contribution in [0.25, 0.3) is 0 Å². The van der Waals surface area contributed by atoms with Gasteiger partial charge < -0.3 is 31.4 Å². The number of hydrogen-bond donors (Lipinski definition) is 2. The Morgan fingerprint density at radius 3 is 1.87 bits per heavy atom. The smallest absolute Gasteiger partial charge is 0.325 e. The maximum Gasteiger partial charge on any atom is 0.325 e. The lowest BCUT2D eigenvalue weighted by Crippen LogP contribution is -3.00. The van der Waals surface area contributed by atoms with Crippen LogP contribution in [-0.4, -0.2) is 60.7 Å². The number of hydrogen-bond acceptors (Lipinski definition) is 3. The number of carbonyl (C=O) groups excluding carboxylic acids is 1. The van der Waals surface area contributed by atoms with E-state index >= 15 is 0 Å². The van der Waals surface area contributed by atoms with Crippen molar-refractivity contribution in [2.24, 2.45) is 5.41 Å². The first kappa shape index (κ1) is 34.7. The molecule has 2 N–H and O–H groups in total. The van der Waals surface area contributed by atoms with Crippen molar-refractivity contribution < 1.29 is 40.8 Å². The van der Waals surface area contributed by atoms with Gasteiger partial charge in [0.25, 0.3) is 0 Å². The fourth-order valence-corrected chi connectivity index (χ4v) is 1.77. The molecule has 0 saturated heterocycles. The van der Waals surface area contributed by atoms with Gasteiger partial charge >= 0.3 is 13.6 Å². The first-order chi connectivity index (χ1) is 13.6. The summed E-state index contributed by atoms with van der Waals surface area (Å²) < 4.78 is 15.7. The number of rotatable bonds is 8. The second-order valence-electron chi connectivity index (χ2n) is 9.09. The third-order valence-corrected chi connectivity index (χ3v) is 5.65. The molecule has 0 amide bonds. The van der Waals surface area contributed by atoms with Crippen molar-refractivity contribution in [3.8, 4) is 0 Å². The Balaban J connectivity index is -0.000000403. The van der Waals surface area contributed by atoms with Gasteiger partial charge in [0.2, 0.25) is 0 Å². The van der Waals surface area contributed by atoms with Crippen LogP contribution in [0.3, 0.4) is 0 Å². The third-order valence-electron chi connectivity index (χ3n) is 4.82. The normalized spacial score (nSPS) is 12.2. The van der Waals surface area contributed by atoms with Crippen molar-refractivity contribution in [2.45, 2.75) is 60.3 Å². The molecule has 1 unspecified atom stereocenters. The number of carbonyl (C=O) groups is 1. The van der Waals surface area contributed by atoms with Crippen molar-refractivity contribution >= 4 is 13.6 Å². The summed E-state index contributed by atoms with van der Waals surface area (Å²) in [7, 11) is 2.60. The molecule has 0 heterocycles. The second kappa shape index (κ2) is 16.7. The van der Waals surface area contributed by atoms with Crippen molar-refractivity contribution in [1.82, 2.24) is 0 Å². The van der Waals surface area contributed by atoms with Gasteiger partial charge in [0.15, 0.2) is 0 Å². The average molecular weight is 482 g/mol. The molecule has 1 aromatic carbocycles. The molecule has 0 saturated carbocycles. The largest absolute Gasteiger partial charge is 1.00 e. The molecule has 31 heavy (non-hydrogen) atoms. The summed E-state index contributed by atoms with van der Waals surface area (Å²) >= 11 is 0. The van der Waals surface area contributed by atoms with Crippen LogP contribution in [0.1, 0.15) is 65.9 Å². The van der Waals surface area contributed by atoms with Crippen molar-refractivity contribution in [2.75, 3.05) is 40.5 Å². The van der Waals surface area contributed by atoms with Gasteiger partial charge in [-0.1, -0.05) is 58.0 Å². The Kier molecular flexibility index (Phi) is 18.7. The fraction of sp³-hybridized carbons (Fsp3) is 0.696. The van der Waals surface area contributed by atoms with Crippen LogP contribution >= 0.6 is 7.60 Å². The molecular formula is C23H45ClNO5P. The van der Waals surface area contributed by atoms with Crippen LogP contribution in [0, 0.1) is 5.41 Å². The molecule has 0 radical (unpaired) electrons. The zero-order valence-corrected chi connectivity index (χ0v) is 22.5. The van der Waals surface area contributed by atoms with Crippen LogP contribution < -0.4 is 12.4 Å². The van der Waals surface area contributed by atoms with Crippen LogP contribution in [-0.2, 0) is 14.1 Å². The van der Waals surface area contributed by atoms with E-state index in [2.05, 4.69) is 65.3 Å². The van der Waals surface area contributed by atoms with Gasteiger partial charge in [-0.2, -0.15) is 0 Å². The summed E-state index contributed by atoms with van der Waals surface area (Å²) in [5, 5.41) is 0.